The molecule has 0 aromatic carbocycles. The summed E-state index contributed by atoms with van der Waals surface area (Å²) in [5.74, 6) is 0.305. The fraction of sp³-hybridized carbons (Fsp3) is 0.727. The molecule has 2 unspecified atom stereocenters. The van der Waals surface area contributed by atoms with Crippen LogP contribution in [0, 0.1) is 0 Å². The monoisotopic (exact) mass is 274 g/mol. The van der Waals surface area contributed by atoms with E-state index < -0.39 is 9.84 Å². The van der Waals surface area contributed by atoms with Gasteiger partial charge in [0.25, 0.3) is 0 Å². The molecule has 2 rings (SSSR count). The van der Waals surface area contributed by atoms with E-state index in [-0.39, 0.29) is 11.3 Å². The standard InChI is InChI=1S/C11H18N2O2S2/c1-8(12)6-9-7-16-11(13-9)10-4-2-3-5-17(10,14)15/h7-8,10H,2-6,12H2,1H3. The molecule has 0 aliphatic carbocycles. The van der Waals surface area contributed by atoms with Gasteiger partial charge in [0, 0.05) is 17.8 Å². The predicted molar refractivity (Wildman–Crippen MR) is 69.8 cm³/mol. The van der Waals surface area contributed by atoms with Gasteiger partial charge in [0.1, 0.15) is 10.3 Å². The van der Waals surface area contributed by atoms with Crippen molar-refractivity contribution in [3.8, 4) is 0 Å². The molecule has 0 spiro atoms. The Morgan fingerprint density at radius 1 is 1.59 bits per heavy atom. The lowest BCUT2D eigenvalue weighted by Gasteiger charge is -2.19. The van der Waals surface area contributed by atoms with Crippen LogP contribution in [0.1, 0.15) is 42.1 Å². The smallest absolute Gasteiger partial charge is 0.159 e. The van der Waals surface area contributed by atoms with Gasteiger partial charge >= 0.3 is 0 Å². The summed E-state index contributed by atoms with van der Waals surface area (Å²) in [5, 5.41) is 2.31. The molecule has 1 aromatic rings. The van der Waals surface area contributed by atoms with Crippen molar-refractivity contribution in [2.45, 2.75) is 43.9 Å². The lowest BCUT2D eigenvalue weighted by atomic mass is 10.2. The van der Waals surface area contributed by atoms with Gasteiger partial charge in [0.05, 0.1) is 11.4 Å². The van der Waals surface area contributed by atoms with E-state index >= 15 is 0 Å². The topological polar surface area (TPSA) is 73.1 Å². The van der Waals surface area contributed by atoms with Gasteiger partial charge in [-0.15, -0.1) is 11.3 Å². The molecule has 0 saturated carbocycles. The van der Waals surface area contributed by atoms with Crippen molar-refractivity contribution < 1.29 is 8.42 Å². The Labute approximate surface area is 106 Å². The van der Waals surface area contributed by atoms with Crippen molar-refractivity contribution in [3.63, 3.8) is 0 Å². The number of thiazole rings is 1. The summed E-state index contributed by atoms with van der Waals surface area (Å²) in [6, 6.07) is 0.0629. The predicted octanol–water partition coefficient (Wildman–Crippen LogP) is 1.67. The van der Waals surface area contributed by atoms with Crippen molar-refractivity contribution in [3.05, 3.63) is 16.1 Å². The summed E-state index contributed by atoms with van der Waals surface area (Å²) in [4.78, 5) is 4.43. The summed E-state index contributed by atoms with van der Waals surface area (Å²) in [5.41, 5.74) is 6.63. The van der Waals surface area contributed by atoms with Crippen LogP contribution in [-0.2, 0) is 16.3 Å². The molecule has 4 nitrogen and oxygen atoms in total. The van der Waals surface area contributed by atoms with Gasteiger partial charge in [-0.3, -0.25) is 0 Å². The summed E-state index contributed by atoms with van der Waals surface area (Å²) in [6.07, 6.45) is 3.19. The van der Waals surface area contributed by atoms with E-state index in [0.717, 1.165) is 23.5 Å². The maximum atomic E-state index is 12.0. The van der Waals surface area contributed by atoms with E-state index in [1.807, 2.05) is 12.3 Å². The van der Waals surface area contributed by atoms with E-state index in [1.165, 1.54) is 11.3 Å². The number of hydrogen-bond acceptors (Lipinski definition) is 5. The number of rotatable bonds is 3. The van der Waals surface area contributed by atoms with Crippen LogP contribution in [0.25, 0.3) is 0 Å². The first-order valence-electron chi connectivity index (χ1n) is 5.90. The fourth-order valence-electron chi connectivity index (χ4n) is 2.13. The second-order valence-corrected chi connectivity index (χ2v) is 7.90. The van der Waals surface area contributed by atoms with Gasteiger partial charge in [-0.25, -0.2) is 13.4 Å². The Balaban J connectivity index is 2.19. The van der Waals surface area contributed by atoms with E-state index in [9.17, 15) is 8.42 Å². The highest BCUT2D eigenvalue weighted by molar-refractivity contribution is 7.91. The van der Waals surface area contributed by atoms with E-state index in [1.54, 1.807) is 0 Å². The van der Waals surface area contributed by atoms with Crippen LogP contribution in [0.3, 0.4) is 0 Å². The first kappa shape index (κ1) is 13.0. The molecule has 1 aromatic heterocycles. The van der Waals surface area contributed by atoms with E-state index in [2.05, 4.69) is 4.98 Å². The van der Waals surface area contributed by atoms with Crippen LogP contribution < -0.4 is 5.73 Å². The fourth-order valence-corrected chi connectivity index (χ4v) is 5.35. The molecule has 2 atom stereocenters. The highest BCUT2D eigenvalue weighted by Gasteiger charge is 2.32. The summed E-state index contributed by atoms with van der Waals surface area (Å²) < 4.78 is 23.9. The quantitative estimate of drug-likeness (QED) is 0.910. The Kier molecular flexibility index (Phi) is 3.85. The van der Waals surface area contributed by atoms with Crippen molar-refractivity contribution >= 4 is 21.2 Å². The summed E-state index contributed by atoms with van der Waals surface area (Å²) >= 11 is 1.45. The summed E-state index contributed by atoms with van der Waals surface area (Å²) in [7, 11) is -2.98. The molecule has 1 aliphatic heterocycles. The van der Waals surface area contributed by atoms with Crippen LogP contribution in [-0.4, -0.2) is 25.2 Å². The van der Waals surface area contributed by atoms with E-state index in [0.29, 0.717) is 18.6 Å². The average Bonchev–Trinajstić information content (AvgIpc) is 2.64. The maximum absolute atomic E-state index is 12.0. The molecule has 1 saturated heterocycles. The van der Waals surface area contributed by atoms with Crippen LogP contribution >= 0.6 is 11.3 Å². The first-order chi connectivity index (χ1) is 7.99. The SMILES string of the molecule is CC(N)Cc1csc(C2CCCCS2(=O)=O)n1. The van der Waals surface area contributed by atoms with Crippen molar-refractivity contribution in [1.82, 2.24) is 4.98 Å². The molecule has 0 bridgehead atoms. The molecule has 6 heteroatoms. The second kappa shape index (κ2) is 5.04. The zero-order valence-electron chi connectivity index (χ0n) is 9.93. The second-order valence-electron chi connectivity index (χ2n) is 4.71. The van der Waals surface area contributed by atoms with Crippen LogP contribution in [0.5, 0.6) is 0 Å². The third kappa shape index (κ3) is 3.05. The Morgan fingerprint density at radius 3 is 3.00 bits per heavy atom. The highest BCUT2D eigenvalue weighted by Crippen LogP contribution is 2.35. The van der Waals surface area contributed by atoms with Gasteiger partial charge < -0.3 is 5.73 Å². The number of aromatic nitrogens is 1. The van der Waals surface area contributed by atoms with Gasteiger partial charge in [-0.05, 0) is 19.8 Å². The third-order valence-electron chi connectivity index (χ3n) is 2.95. The number of sulfone groups is 1. The largest absolute Gasteiger partial charge is 0.328 e. The van der Waals surface area contributed by atoms with Crippen LogP contribution in [0.15, 0.2) is 5.38 Å². The lowest BCUT2D eigenvalue weighted by Crippen LogP contribution is -2.22. The maximum Gasteiger partial charge on any atom is 0.159 e. The summed E-state index contributed by atoms with van der Waals surface area (Å²) in [6.45, 7) is 1.93. The normalized spacial score (nSPS) is 25.6. The number of hydrogen-bond donors (Lipinski definition) is 1. The van der Waals surface area contributed by atoms with Crippen LogP contribution in [0.4, 0.5) is 0 Å². The Morgan fingerprint density at radius 2 is 2.35 bits per heavy atom. The number of nitrogens with zero attached hydrogens (tertiary/aromatic N) is 1. The molecular weight excluding hydrogens is 256 g/mol. The van der Waals surface area contributed by atoms with Gasteiger partial charge in [-0.1, -0.05) is 6.42 Å². The zero-order chi connectivity index (χ0) is 12.5. The van der Waals surface area contributed by atoms with Gasteiger partial charge in [0.2, 0.25) is 0 Å². The molecule has 0 amide bonds. The van der Waals surface area contributed by atoms with E-state index in [4.69, 9.17) is 5.73 Å². The molecule has 1 fully saturated rings. The van der Waals surface area contributed by atoms with Crippen molar-refractivity contribution in [1.29, 1.82) is 0 Å². The number of nitrogens with two attached hydrogens (primary N) is 1. The molecule has 2 heterocycles. The zero-order valence-corrected chi connectivity index (χ0v) is 11.6. The molecular formula is C11H18N2O2S2. The minimum Gasteiger partial charge on any atom is -0.328 e. The lowest BCUT2D eigenvalue weighted by molar-refractivity contribution is 0.545. The minimum absolute atomic E-state index is 0.0629. The molecule has 2 N–H and O–H groups in total. The van der Waals surface area contributed by atoms with Gasteiger partial charge in [-0.2, -0.15) is 0 Å². The average molecular weight is 274 g/mol. The third-order valence-corrected chi connectivity index (χ3v) is 6.29. The van der Waals surface area contributed by atoms with Crippen molar-refractivity contribution in [2.75, 3.05) is 5.75 Å². The first-order valence-corrected chi connectivity index (χ1v) is 8.50. The Bertz CT molecular complexity index is 479. The molecule has 1 aliphatic rings. The highest BCUT2D eigenvalue weighted by atomic mass is 32.2. The Hall–Kier alpha value is -0.460. The van der Waals surface area contributed by atoms with Gasteiger partial charge in [0.15, 0.2) is 9.84 Å². The van der Waals surface area contributed by atoms with Crippen molar-refractivity contribution in [2.24, 2.45) is 5.73 Å². The minimum atomic E-state index is -2.98. The molecule has 0 radical (unpaired) electrons. The van der Waals surface area contributed by atoms with Crippen LogP contribution in [0.2, 0.25) is 0 Å². The molecule has 17 heavy (non-hydrogen) atoms. The molecule has 96 valence electrons.